The number of hydrogen-bond acceptors (Lipinski definition) is 4. The van der Waals surface area contributed by atoms with E-state index in [-0.39, 0.29) is 4.90 Å². The van der Waals surface area contributed by atoms with Crippen LogP contribution in [-0.4, -0.2) is 39.4 Å². The van der Waals surface area contributed by atoms with E-state index in [2.05, 4.69) is 0 Å². The topological polar surface area (TPSA) is 63.7 Å². The van der Waals surface area contributed by atoms with E-state index in [4.69, 9.17) is 4.18 Å². The molecule has 0 aliphatic rings. The number of rotatable bonds is 4. The first-order valence-corrected chi connectivity index (χ1v) is 6.86. The molecule has 5 nitrogen and oxygen atoms in total. The van der Waals surface area contributed by atoms with Gasteiger partial charge in [-0.2, -0.15) is 8.42 Å². The molecule has 0 aromatic heterocycles. The predicted octanol–water partition coefficient (Wildman–Crippen LogP) is 1.18. The van der Waals surface area contributed by atoms with E-state index in [0.717, 1.165) is 5.56 Å². The minimum Gasteiger partial charge on any atom is -0.347 e. The number of carbonyl (C=O) groups excluding carboxylic acids is 1. The lowest BCUT2D eigenvalue weighted by Gasteiger charge is -2.17. The smallest absolute Gasteiger partial charge is 0.297 e. The molecular formula is C12H17NO4S. The van der Waals surface area contributed by atoms with Gasteiger partial charge in [0.2, 0.25) is 0 Å². The Morgan fingerprint density at radius 1 is 1.22 bits per heavy atom. The second-order valence-electron chi connectivity index (χ2n) is 4.24. The van der Waals surface area contributed by atoms with E-state index in [0.29, 0.717) is 0 Å². The van der Waals surface area contributed by atoms with Crippen molar-refractivity contribution in [2.24, 2.45) is 0 Å². The summed E-state index contributed by atoms with van der Waals surface area (Å²) in [6.07, 6.45) is -1.04. The third-order valence-corrected chi connectivity index (χ3v) is 3.76. The highest BCUT2D eigenvalue weighted by molar-refractivity contribution is 7.86. The van der Waals surface area contributed by atoms with Crippen LogP contribution in [0.1, 0.15) is 12.5 Å². The molecule has 0 N–H and O–H groups in total. The Morgan fingerprint density at radius 3 is 2.17 bits per heavy atom. The molecule has 0 heterocycles. The van der Waals surface area contributed by atoms with E-state index in [9.17, 15) is 13.2 Å². The van der Waals surface area contributed by atoms with Crippen LogP contribution in [-0.2, 0) is 19.1 Å². The molecule has 0 radical (unpaired) electrons. The number of nitrogens with zero attached hydrogens (tertiary/aromatic N) is 1. The Labute approximate surface area is 107 Å². The van der Waals surface area contributed by atoms with Crippen molar-refractivity contribution in [1.82, 2.24) is 4.90 Å². The monoisotopic (exact) mass is 271 g/mol. The van der Waals surface area contributed by atoms with Crippen molar-refractivity contribution in [2.75, 3.05) is 14.1 Å². The Hall–Kier alpha value is -1.40. The minimum absolute atomic E-state index is 0.0477. The van der Waals surface area contributed by atoms with Gasteiger partial charge in [-0.3, -0.25) is 8.98 Å². The quantitative estimate of drug-likeness (QED) is 0.771. The highest BCUT2D eigenvalue weighted by Crippen LogP contribution is 2.15. The zero-order valence-electron chi connectivity index (χ0n) is 10.9. The first kappa shape index (κ1) is 14.7. The van der Waals surface area contributed by atoms with Crippen molar-refractivity contribution in [2.45, 2.75) is 24.8 Å². The van der Waals surface area contributed by atoms with Crippen LogP contribution in [0.5, 0.6) is 0 Å². The number of carbonyl (C=O) groups is 1. The second-order valence-corrected chi connectivity index (χ2v) is 5.81. The van der Waals surface area contributed by atoms with Crippen LogP contribution in [0.25, 0.3) is 0 Å². The third-order valence-electron chi connectivity index (χ3n) is 2.37. The van der Waals surface area contributed by atoms with Crippen LogP contribution in [0.2, 0.25) is 0 Å². The standard InChI is InChI=1S/C12H17NO4S/c1-9-5-7-11(8-6-9)18(15,16)17-10(2)12(14)13(3)4/h5-8,10H,1-4H3. The summed E-state index contributed by atoms with van der Waals surface area (Å²) in [5.74, 6) is -0.398. The number of amides is 1. The van der Waals surface area contributed by atoms with Crippen molar-refractivity contribution in [3.8, 4) is 0 Å². The molecule has 0 spiro atoms. The van der Waals surface area contributed by atoms with Crippen LogP contribution in [0.3, 0.4) is 0 Å². The summed E-state index contributed by atoms with van der Waals surface area (Å²) in [5, 5.41) is 0. The summed E-state index contributed by atoms with van der Waals surface area (Å²) >= 11 is 0. The molecule has 1 aromatic carbocycles. The first-order valence-electron chi connectivity index (χ1n) is 5.45. The molecule has 1 aromatic rings. The molecule has 0 bridgehead atoms. The lowest BCUT2D eigenvalue weighted by Crippen LogP contribution is -2.34. The molecule has 18 heavy (non-hydrogen) atoms. The molecule has 1 amide bonds. The molecular weight excluding hydrogens is 254 g/mol. The minimum atomic E-state index is -3.90. The molecule has 1 atom stereocenters. The van der Waals surface area contributed by atoms with Crippen molar-refractivity contribution in [3.63, 3.8) is 0 Å². The van der Waals surface area contributed by atoms with Crippen LogP contribution in [0, 0.1) is 6.92 Å². The summed E-state index contributed by atoms with van der Waals surface area (Å²) in [7, 11) is -0.818. The summed E-state index contributed by atoms with van der Waals surface area (Å²) in [4.78, 5) is 12.9. The van der Waals surface area contributed by atoms with E-state index < -0.39 is 22.1 Å². The zero-order valence-corrected chi connectivity index (χ0v) is 11.7. The van der Waals surface area contributed by atoms with Gasteiger partial charge in [0.1, 0.15) is 0 Å². The lowest BCUT2D eigenvalue weighted by atomic mass is 10.2. The Bertz CT molecular complexity index is 520. The van der Waals surface area contributed by atoms with E-state index in [1.165, 1.54) is 24.0 Å². The molecule has 6 heteroatoms. The fourth-order valence-electron chi connectivity index (χ4n) is 1.36. The summed E-state index contributed by atoms with van der Waals surface area (Å²) in [5.41, 5.74) is 0.950. The van der Waals surface area contributed by atoms with Crippen molar-refractivity contribution in [3.05, 3.63) is 29.8 Å². The van der Waals surface area contributed by atoms with Crippen LogP contribution in [0.4, 0.5) is 0 Å². The average molecular weight is 271 g/mol. The molecule has 1 unspecified atom stereocenters. The van der Waals surface area contributed by atoms with Crippen molar-refractivity contribution >= 4 is 16.0 Å². The highest BCUT2D eigenvalue weighted by Gasteiger charge is 2.24. The van der Waals surface area contributed by atoms with Gasteiger partial charge in [-0.1, -0.05) is 17.7 Å². The third kappa shape index (κ3) is 3.54. The molecule has 0 aliphatic heterocycles. The van der Waals surface area contributed by atoms with Gasteiger partial charge in [-0.25, -0.2) is 0 Å². The van der Waals surface area contributed by atoms with Gasteiger partial charge in [0, 0.05) is 14.1 Å². The molecule has 0 saturated carbocycles. The normalized spacial score (nSPS) is 13.1. The maximum Gasteiger partial charge on any atom is 0.297 e. The zero-order chi connectivity index (χ0) is 13.9. The Balaban J connectivity index is 2.89. The van der Waals surface area contributed by atoms with Gasteiger partial charge in [0.15, 0.2) is 6.10 Å². The maximum absolute atomic E-state index is 11.9. The van der Waals surface area contributed by atoms with Gasteiger partial charge < -0.3 is 4.90 Å². The number of likely N-dealkylation sites (N-methyl/N-ethyl adjacent to an activating group) is 1. The molecule has 1 rings (SSSR count). The van der Waals surface area contributed by atoms with E-state index >= 15 is 0 Å². The van der Waals surface area contributed by atoms with Crippen LogP contribution < -0.4 is 0 Å². The fraction of sp³-hybridized carbons (Fsp3) is 0.417. The van der Waals surface area contributed by atoms with Crippen LogP contribution >= 0.6 is 0 Å². The van der Waals surface area contributed by atoms with Gasteiger partial charge >= 0.3 is 0 Å². The summed E-state index contributed by atoms with van der Waals surface area (Å²) < 4.78 is 28.6. The molecule has 0 fully saturated rings. The number of benzene rings is 1. The molecule has 0 saturated heterocycles. The van der Waals surface area contributed by atoms with E-state index in [1.807, 2.05) is 6.92 Å². The van der Waals surface area contributed by atoms with Gasteiger partial charge in [0.25, 0.3) is 16.0 Å². The largest absolute Gasteiger partial charge is 0.347 e. The number of hydrogen-bond donors (Lipinski definition) is 0. The maximum atomic E-state index is 11.9. The van der Waals surface area contributed by atoms with E-state index in [1.54, 1.807) is 26.2 Å². The fourth-order valence-corrected chi connectivity index (χ4v) is 2.40. The SMILES string of the molecule is Cc1ccc(S(=O)(=O)OC(C)C(=O)N(C)C)cc1. The highest BCUT2D eigenvalue weighted by atomic mass is 32.2. The molecule has 100 valence electrons. The predicted molar refractivity (Wildman–Crippen MR) is 67.6 cm³/mol. The van der Waals surface area contributed by atoms with Crippen LogP contribution in [0.15, 0.2) is 29.2 Å². The summed E-state index contributed by atoms with van der Waals surface area (Å²) in [6.45, 7) is 3.27. The Kier molecular flexibility index (Phi) is 4.48. The van der Waals surface area contributed by atoms with Gasteiger partial charge in [0.05, 0.1) is 4.90 Å². The number of aryl methyl sites for hydroxylation is 1. The summed E-state index contributed by atoms with van der Waals surface area (Å²) in [6, 6.07) is 6.26. The first-order chi connectivity index (χ1) is 8.24. The van der Waals surface area contributed by atoms with Crippen molar-refractivity contribution < 1.29 is 17.4 Å². The Morgan fingerprint density at radius 2 is 1.72 bits per heavy atom. The van der Waals surface area contributed by atoms with Gasteiger partial charge in [-0.05, 0) is 26.0 Å². The molecule has 0 aliphatic carbocycles. The average Bonchev–Trinajstić information content (AvgIpc) is 2.27. The lowest BCUT2D eigenvalue weighted by molar-refractivity contribution is -0.135. The van der Waals surface area contributed by atoms with Gasteiger partial charge in [-0.15, -0.1) is 0 Å². The second kappa shape index (κ2) is 5.49. The van der Waals surface area contributed by atoms with Crippen molar-refractivity contribution in [1.29, 1.82) is 0 Å².